The third-order valence-electron chi connectivity index (χ3n) is 3.57. The fraction of sp³-hybridized carbons (Fsp3) is 0.533. The van der Waals surface area contributed by atoms with Gasteiger partial charge in [-0.05, 0) is 31.7 Å². The molecule has 0 aromatic carbocycles. The zero-order valence-electron chi connectivity index (χ0n) is 12.0. The number of aromatic nitrogens is 1. The van der Waals surface area contributed by atoms with Crippen LogP contribution in [0, 0.1) is 5.92 Å². The number of hydrogen-bond acceptors (Lipinski definition) is 4. The highest BCUT2D eigenvalue weighted by Gasteiger charge is 2.22. The highest BCUT2D eigenvalue weighted by atomic mass is 16.5. The fourth-order valence-electron chi connectivity index (χ4n) is 2.28. The minimum absolute atomic E-state index is 0.0597. The molecule has 5 nitrogen and oxygen atoms in total. The third kappa shape index (κ3) is 3.35. The van der Waals surface area contributed by atoms with E-state index in [0.717, 1.165) is 25.9 Å². The number of carbonyl (C=O) groups excluding carboxylic acids is 2. The van der Waals surface area contributed by atoms with Crippen LogP contribution < -0.4 is 0 Å². The smallest absolute Gasteiger partial charge is 0.339 e. The molecule has 0 atom stereocenters. The standard InChI is InChI=1S/C15H20N2O3/c1-3-20-15(19)13-8-12(9-16-10-13)14(18)17-6-4-11(2)5-7-17/h8-11H,3-7H2,1-2H3. The Morgan fingerprint density at radius 1 is 1.30 bits per heavy atom. The van der Waals surface area contributed by atoms with Crippen molar-refractivity contribution in [2.75, 3.05) is 19.7 Å². The Morgan fingerprint density at radius 2 is 1.95 bits per heavy atom. The van der Waals surface area contributed by atoms with E-state index in [2.05, 4.69) is 11.9 Å². The van der Waals surface area contributed by atoms with Gasteiger partial charge in [0.05, 0.1) is 17.7 Å². The van der Waals surface area contributed by atoms with Gasteiger partial charge in [-0.2, -0.15) is 0 Å². The van der Waals surface area contributed by atoms with E-state index in [9.17, 15) is 9.59 Å². The molecule has 108 valence electrons. The number of amides is 1. The lowest BCUT2D eigenvalue weighted by molar-refractivity contribution is 0.0526. The van der Waals surface area contributed by atoms with E-state index in [4.69, 9.17) is 4.74 Å². The summed E-state index contributed by atoms with van der Waals surface area (Å²) in [7, 11) is 0. The molecular formula is C15H20N2O3. The van der Waals surface area contributed by atoms with Crippen molar-refractivity contribution < 1.29 is 14.3 Å². The zero-order valence-corrected chi connectivity index (χ0v) is 12.0. The number of esters is 1. The molecule has 0 unspecified atom stereocenters. The molecule has 1 aliphatic rings. The van der Waals surface area contributed by atoms with Crippen molar-refractivity contribution >= 4 is 11.9 Å². The molecule has 1 aliphatic heterocycles. The second-order valence-electron chi connectivity index (χ2n) is 5.16. The quantitative estimate of drug-likeness (QED) is 0.793. The summed E-state index contributed by atoms with van der Waals surface area (Å²) in [6.45, 7) is 5.79. The second kappa shape index (κ2) is 6.50. The molecule has 1 aromatic heterocycles. The Labute approximate surface area is 118 Å². The molecule has 0 saturated carbocycles. The van der Waals surface area contributed by atoms with Crippen LogP contribution in [0.5, 0.6) is 0 Å². The van der Waals surface area contributed by atoms with Crippen molar-refractivity contribution in [3.05, 3.63) is 29.6 Å². The van der Waals surface area contributed by atoms with Gasteiger partial charge in [0.15, 0.2) is 0 Å². The molecule has 1 amide bonds. The predicted octanol–water partition coefficient (Wildman–Crippen LogP) is 2.13. The van der Waals surface area contributed by atoms with Gasteiger partial charge in [0.25, 0.3) is 5.91 Å². The highest BCUT2D eigenvalue weighted by Crippen LogP contribution is 2.18. The van der Waals surface area contributed by atoms with Crippen molar-refractivity contribution in [2.45, 2.75) is 26.7 Å². The van der Waals surface area contributed by atoms with Crippen LogP contribution >= 0.6 is 0 Å². The largest absolute Gasteiger partial charge is 0.462 e. The number of nitrogens with zero attached hydrogens (tertiary/aromatic N) is 2. The van der Waals surface area contributed by atoms with E-state index >= 15 is 0 Å². The first-order valence-electron chi connectivity index (χ1n) is 7.03. The molecular weight excluding hydrogens is 256 g/mol. The Morgan fingerprint density at radius 3 is 2.60 bits per heavy atom. The van der Waals surface area contributed by atoms with E-state index in [1.165, 1.54) is 12.4 Å². The molecule has 1 aromatic rings. The Hall–Kier alpha value is -1.91. The van der Waals surface area contributed by atoms with Gasteiger partial charge < -0.3 is 9.64 Å². The maximum absolute atomic E-state index is 12.4. The average Bonchev–Trinajstić information content (AvgIpc) is 2.48. The number of pyridine rings is 1. The number of carbonyl (C=O) groups is 2. The van der Waals surface area contributed by atoms with Crippen molar-refractivity contribution in [3.63, 3.8) is 0 Å². The molecule has 5 heteroatoms. The molecule has 0 N–H and O–H groups in total. The van der Waals surface area contributed by atoms with E-state index in [0.29, 0.717) is 23.7 Å². The van der Waals surface area contributed by atoms with E-state index in [1.54, 1.807) is 13.0 Å². The van der Waals surface area contributed by atoms with Crippen LogP contribution in [0.4, 0.5) is 0 Å². The highest BCUT2D eigenvalue weighted by molar-refractivity contribution is 5.97. The number of piperidine rings is 1. The lowest BCUT2D eigenvalue weighted by atomic mass is 9.98. The van der Waals surface area contributed by atoms with Crippen LogP contribution in [-0.2, 0) is 4.74 Å². The van der Waals surface area contributed by atoms with Crippen molar-refractivity contribution in [1.82, 2.24) is 9.88 Å². The third-order valence-corrected chi connectivity index (χ3v) is 3.57. The number of ether oxygens (including phenoxy) is 1. The van der Waals surface area contributed by atoms with Gasteiger partial charge in [0.2, 0.25) is 0 Å². The van der Waals surface area contributed by atoms with E-state index in [-0.39, 0.29) is 5.91 Å². The topological polar surface area (TPSA) is 59.5 Å². The molecule has 20 heavy (non-hydrogen) atoms. The van der Waals surface area contributed by atoms with Gasteiger partial charge in [-0.1, -0.05) is 6.92 Å². The van der Waals surface area contributed by atoms with Crippen LogP contribution in [0.15, 0.2) is 18.5 Å². The maximum atomic E-state index is 12.4. The summed E-state index contributed by atoms with van der Waals surface area (Å²) in [5.41, 5.74) is 0.771. The molecule has 1 fully saturated rings. The second-order valence-corrected chi connectivity index (χ2v) is 5.16. The Balaban J connectivity index is 2.10. The summed E-state index contributed by atoms with van der Waals surface area (Å²) >= 11 is 0. The van der Waals surface area contributed by atoms with Crippen molar-refractivity contribution in [2.24, 2.45) is 5.92 Å². The molecule has 1 saturated heterocycles. The first-order chi connectivity index (χ1) is 9.61. The first-order valence-corrected chi connectivity index (χ1v) is 7.03. The lowest BCUT2D eigenvalue weighted by Crippen LogP contribution is -2.38. The van der Waals surface area contributed by atoms with Crippen LogP contribution in [0.2, 0.25) is 0 Å². The molecule has 0 radical (unpaired) electrons. The van der Waals surface area contributed by atoms with Gasteiger partial charge in [-0.3, -0.25) is 9.78 Å². The number of hydrogen-bond donors (Lipinski definition) is 0. The van der Waals surface area contributed by atoms with Crippen LogP contribution in [-0.4, -0.2) is 41.5 Å². The average molecular weight is 276 g/mol. The van der Waals surface area contributed by atoms with Gasteiger partial charge in [-0.25, -0.2) is 4.79 Å². The minimum Gasteiger partial charge on any atom is -0.462 e. The summed E-state index contributed by atoms with van der Waals surface area (Å²) in [5.74, 6) is 0.167. The molecule has 0 bridgehead atoms. The molecule has 0 spiro atoms. The molecule has 0 aliphatic carbocycles. The Kier molecular flexibility index (Phi) is 4.71. The SMILES string of the molecule is CCOC(=O)c1cncc(C(=O)N2CCC(C)CC2)c1. The zero-order chi connectivity index (χ0) is 14.5. The predicted molar refractivity (Wildman–Crippen MR) is 74.5 cm³/mol. The van der Waals surface area contributed by atoms with Crippen molar-refractivity contribution in [3.8, 4) is 0 Å². The normalized spacial score (nSPS) is 16.0. The van der Waals surface area contributed by atoms with Crippen LogP contribution in [0.25, 0.3) is 0 Å². The van der Waals surface area contributed by atoms with Gasteiger partial charge in [0.1, 0.15) is 0 Å². The summed E-state index contributed by atoms with van der Waals surface area (Å²) in [6.07, 6.45) is 4.98. The van der Waals surface area contributed by atoms with Crippen molar-refractivity contribution in [1.29, 1.82) is 0 Å². The van der Waals surface area contributed by atoms with E-state index < -0.39 is 5.97 Å². The summed E-state index contributed by atoms with van der Waals surface area (Å²) in [6, 6.07) is 1.56. The minimum atomic E-state index is -0.443. The lowest BCUT2D eigenvalue weighted by Gasteiger charge is -2.30. The van der Waals surface area contributed by atoms with E-state index in [1.807, 2.05) is 4.90 Å². The van der Waals surface area contributed by atoms with Crippen LogP contribution in [0.3, 0.4) is 0 Å². The Bertz CT molecular complexity index is 494. The van der Waals surface area contributed by atoms with Gasteiger partial charge >= 0.3 is 5.97 Å². The van der Waals surface area contributed by atoms with Gasteiger partial charge in [-0.15, -0.1) is 0 Å². The monoisotopic (exact) mass is 276 g/mol. The molecule has 2 rings (SSSR count). The van der Waals surface area contributed by atoms with Crippen LogP contribution in [0.1, 0.15) is 47.4 Å². The summed E-state index contributed by atoms with van der Waals surface area (Å²) < 4.78 is 4.92. The summed E-state index contributed by atoms with van der Waals surface area (Å²) in [5, 5.41) is 0. The van der Waals surface area contributed by atoms with Gasteiger partial charge in [0, 0.05) is 25.5 Å². The fourth-order valence-corrected chi connectivity index (χ4v) is 2.28. The number of rotatable bonds is 3. The summed E-state index contributed by atoms with van der Waals surface area (Å²) in [4.78, 5) is 29.8. The first kappa shape index (κ1) is 14.5. The maximum Gasteiger partial charge on any atom is 0.339 e. The number of likely N-dealkylation sites (tertiary alicyclic amines) is 1. The molecule has 2 heterocycles.